The molecule has 398 valence electrons. The Kier molecular flexibility index (Phi) is 59.6. The molecule has 0 spiro atoms. The van der Waals surface area contributed by atoms with Gasteiger partial charge in [-0.25, -0.2) is 4.79 Å². The molecule has 0 heterocycles. The molecule has 0 aliphatic rings. The van der Waals surface area contributed by atoms with Crippen LogP contribution in [0.3, 0.4) is 0 Å². The molecule has 4 heteroatoms. The average molecular weight is 944 g/mol. The van der Waals surface area contributed by atoms with Crippen LogP contribution in [0.5, 0.6) is 0 Å². The minimum Gasteiger partial charge on any atom is -0.481 e. The van der Waals surface area contributed by atoms with Gasteiger partial charge in [-0.1, -0.05) is 359 Å². The van der Waals surface area contributed by atoms with Crippen LogP contribution in [0, 0.1) is 0 Å². The molecule has 0 radical (unpaired) electrons. The summed E-state index contributed by atoms with van der Waals surface area (Å²) in [5.41, 5.74) is 0. The van der Waals surface area contributed by atoms with E-state index in [1.807, 2.05) is 0 Å². The number of allylic oxidation sites excluding steroid dienone is 1. The molecule has 2 N–H and O–H groups in total. The minimum absolute atomic E-state index is 0.344. The maximum Gasteiger partial charge on any atom is 0.327 e. The summed E-state index contributed by atoms with van der Waals surface area (Å²) < 4.78 is 0. The highest BCUT2D eigenvalue weighted by molar-refractivity contribution is 5.79. The van der Waals surface area contributed by atoms with Crippen molar-refractivity contribution >= 4 is 11.9 Å². The van der Waals surface area contributed by atoms with Gasteiger partial charge in [0, 0.05) is 12.5 Å². The SMILES string of the molecule is O=C(O)C=CCCCCCCCCCCCCCCCCCCCCCCCCCCCCCCCCCCCCCCCCCCCCCCCCCCCCCCCCCCCC(=O)O. The van der Waals surface area contributed by atoms with Gasteiger partial charge in [0.25, 0.3) is 0 Å². The predicted molar refractivity (Wildman–Crippen MR) is 297 cm³/mol. The van der Waals surface area contributed by atoms with Crippen LogP contribution in [0.15, 0.2) is 12.2 Å². The van der Waals surface area contributed by atoms with E-state index in [1.54, 1.807) is 6.08 Å². The Balaban J connectivity index is 3.08. The molecule has 0 saturated heterocycles. The molecule has 0 rings (SSSR count). The Morgan fingerprint density at radius 1 is 0.209 bits per heavy atom. The van der Waals surface area contributed by atoms with Crippen LogP contribution in [0.1, 0.15) is 379 Å². The van der Waals surface area contributed by atoms with E-state index in [0.29, 0.717) is 6.42 Å². The number of rotatable bonds is 61. The lowest BCUT2D eigenvalue weighted by Crippen LogP contribution is -1.93. The van der Waals surface area contributed by atoms with Gasteiger partial charge < -0.3 is 10.2 Å². The average Bonchev–Trinajstić information content (AvgIpc) is 3.31. The molecule has 0 aliphatic heterocycles. The second kappa shape index (κ2) is 60.8. The summed E-state index contributed by atoms with van der Waals surface area (Å²) in [5, 5.41) is 17.3. The van der Waals surface area contributed by atoms with Crippen molar-refractivity contribution in [2.24, 2.45) is 0 Å². The summed E-state index contributed by atoms with van der Waals surface area (Å²) in [7, 11) is 0. The van der Waals surface area contributed by atoms with Gasteiger partial charge in [0.1, 0.15) is 0 Å². The molecule has 0 aliphatic carbocycles. The summed E-state index contributed by atoms with van der Waals surface area (Å²) in [6.07, 6.45) is 85.1. The Bertz CT molecular complexity index is 960. The topological polar surface area (TPSA) is 74.6 Å². The summed E-state index contributed by atoms with van der Waals surface area (Å²) in [6, 6.07) is 0. The van der Waals surface area contributed by atoms with E-state index in [4.69, 9.17) is 10.2 Å². The van der Waals surface area contributed by atoms with E-state index in [-0.39, 0.29) is 0 Å². The third-order valence-electron chi connectivity index (χ3n) is 15.0. The van der Waals surface area contributed by atoms with Crippen molar-refractivity contribution in [3.8, 4) is 0 Å². The minimum atomic E-state index is -0.828. The first-order valence-corrected chi connectivity index (χ1v) is 31.2. The van der Waals surface area contributed by atoms with E-state index in [2.05, 4.69) is 0 Å². The molecule has 0 amide bonds. The van der Waals surface area contributed by atoms with Crippen molar-refractivity contribution in [3.63, 3.8) is 0 Å². The number of carboxylic acid groups (broad SMARTS) is 2. The Morgan fingerprint density at radius 3 is 0.478 bits per heavy atom. The highest BCUT2D eigenvalue weighted by Crippen LogP contribution is 2.20. The molecule has 0 aromatic rings. The molecule has 0 saturated carbocycles. The second-order valence-corrected chi connectivity index (χ2v) is 21.8. The Labute approximate surface area is 421 Å². The van der Waals surface area contributed by atoms with Crippen LogP contribution in [0.4, 0.5) is 0 Å². The van der Waals surface area contributed by atoms with Gasteiger partial charge in [0.15, 0.2) is 0 Å². The maximum absolute atomic E-state index is 10.5. The van der Waals surface area contributed by atoms with Crippen molar-refractivity contribution in [2.45, 2.75) is 379 Å². The summed E-state index contributed by atoms with van der Waals surface area (Å²) >= 11 is 0. The van der Waals surface area contributed by atoms with Crippen LogP contribution in [0.2, 0.25) is 0 Å². The first kappa shape index (κ1) is 65.7. The largest absolute Gasteiger partial charge is 0.481 e. The van der Waals surface area contributed by atoms with Crippen LogP contribution in [-0.4, -0.2) is 22.2 Å². The van der Waals surface area contributed by atoms with Gasteiger partial charge in [0.2, 0.25) is 0 Å². The molecule has 0 unspecified atom stereocenters. The standard InChI is InChI=1S/C63H122O4/c64-62(65)60-58-56-54-52-50-48-46-44-42-40-38-36-34-32-30-28-26-24-22-20-18-16-14-12-10-8-6-4-2-1-3-5-7-9-11-13-15-17-19-21-23-25-27-29-31-33-35-37-39-41-43-45-47-49-51-53-55-57-59-61-63(66)67/h58,60H,1-57,59,61H2,(H,64,65)(H,66,67). The monoisotopic (exact) mass is 943 g/mol. The zero-order valence-corrected chi connectivity index (χ0v) is 45.6. The van der Waals surface area contributed by atoms with Crippen LogP contribution in [0.25, 0.3) is 0 Å². The number of hydrogen-bond acceptors (Lipinski definition) is 2. The smallest absolute Gasteiger partial charge is 0.327 e. The zero-order valence-electron chi connectivity index (χ0n) is 45.6. The van der Waals surface area contributed by atoms with Crippen LogP contribution >= 0.6 is 0 Å². The molecule has 0 atom stereocenters. The molecular formula is C63H122O4. The van der Waals surface area contributed by atoms with E-state index in [1.165, 1.54) is 353 Å². The molecule has 0 fully saturated rings. The van der Waals surface area contributed by atoms with Gasteiger partial charge in [-0.05, 0) is 19.3 Å². The number of hydrogen-bond donors (Lipinski definition) is 2. The van der Waals surface area contributed by atoms with Crippen molar-refractivity contribution in [1.82, 2.24) is 0 Å². The zero-order chi connectivity index (χ0) is 48.3. The predicted octanol–water partition coefficient (Wildman–Crippen LogP) is 22.7. The number of carboxylic acids is 2. The third-order valence-corrected chi connectivity index (χ3v) is 15.0. The fraction of sp³-hybridized carbons (Fsp3) is 0.937. The summed E-state index contributed by atoms with van der Waals surface area (Å²) in [4.78, 5) is 21.0. The lowest BCUT2D eigenvalue weighted by molar-refractivity contribution is -0.137. The van der Waals surface area contributed by atoms with E-state index in [9.17, 15) is 9.59 Å². The maximum atomic E-state index is 10.5. The van der Waals surface area contributed by atoms with Gasteiger partial charge in [0.05, 0.1) is 0 Å². The van der Waals surface area contributed by atoms with E-state index >= 15 is 0 Å². The van der Waals surface area contributed by atoms with Gasteiger partial charge >= 0.3 is 11.9 Å². The van der Waals surface area contributed by atoms with Crippen LogP contribution < -0.4 is 0 Å². The fourth-order valence-electron chi connectivity index (χ4n) is 10.4. The quantitative estimate of drug-likeness (QED) is 0.0471. The van der Waals surface area contributed by atoms with Crippen molar-refractivity contribution in [2.75, 3.05) is 0 Å². The molecule has 0 aromatic carbocycles. The van der Waals surface area contributed by atoms with Gasteiger partial charge in [-0.2, -0.15) is 0 Å². The van der Waals surface area contributed by atoms with Crippen molar-refractivity contribution < 1.29 is 19.8 Å². The lowest BCUT2D eigenvalue weighted by atomic mass is 10.0. The fourth-order valence-corrected chi connectivity index (χ4v) is 10.4. The highest BCUT2D eigenvalue weighted by Gasteiger charge is 2.01. The van der Waals surface area contributed by atoms with Crippen molar-refractivity contribution in [1.29, 1.82) is 0 Å². The Hall–Kier alpha value is -1.32. The number of carbonyl (C=O) groups is 2. The molecule has 4 nitrogen and oxygen atoms in total. The Morgan fingerprint density at radius 2 is 0.343 bits per heavy atom. The van der Waals surface area contributed by atoms with Crippen LogP contribution in [-0.2, 0) is 9.59 Å². The van der Waals surface area contributed by atoms with Crippen molar-refractivity contribution in [3.05, 3.63) is 12.2 Å². The first-order chi connectivity index (χ1) is 33.1. The first-order valence-electron chi connectivity index (χ1n) is 31.2. The molecule has 67 heavy (non-hydrogen) atoms. The summed E-state index contributed by atoms with van der Waals surface area (Å²) in [5.74, 6) is -1.48. The second-order valence-electron chi connectivity index (χ2n) is 21.8. The lowest BCUT2D eigenvalue weighted by Gasteiger charge is -2.05. The number of aliphatic carboxylic acids is 2. The highest BCUT2D eigenvalue weighted by atomic mass is 16.4. The molecule has 0 bridgehead atoms. The third kappa shape index (κ3) is 64.7. The molecule has 0 aromatic heterocycles. The van der Waals surface area contributed by atoms with Gasteiger partial charge in [-0.3, -0.25) is 4.79 Å². The summed E-state index contributed by atoms with van der Waals surface area (Å²) in [6.45, 7) is 0. The van der Waals surface area contributed by atoms with E-state index < -0.39 is 11.9 Å². The molecular weight excluding hydrogens is 821 g/mol. The normalized spacial score (nSPS) is 11.7. The number of unbranched alkanes of at least 4 members (excludes halogenated alkanes) is 57. The van der Waals surface area contributed by atoms with E-state index in [0.717, 1.165) is 25.7 Å². The van der Waals surface area contributed by atoms with Gasteiger partial charge in [-0.15, -0.1) is 0 Å².